The van der Waals surface area contributed by atoms with Gasteiger partial charge in [-0.25, -0.2) is 0 Å². The van der Waals surface area contributed by atoms with E-state index in [-0.39, 0.29) is 5.97 Å². The third-order valence-electron chi connectivity index (χ3n) is 5.13. The third-order valence-corrected chi connectivity index (χ3v) is 5.13. The first-order chi connectivity index (χ1) is 15.7. The van der Waals surface area contributed by atoms with E-state index in [1.807, 2.05) is 37.4 Å². The highest BCUT2D eigenvalue weighted by molar-refractivity contribution is 5.69. The lowest BCUT2D eigenvalue weighted by Gasteiger charge is -2.22. The zero-order chi connectivity index (χ0) is 22.4. The quantitative estimate of drug-likeness (QED) is 0.284. The molecule has 168 valence electrons. The van der Waals surface area contributed by atoms with Crippen molar-refractivity contribution in [3.63, 3.8) is 0 Å². The summed E-state index contributed by atoms with van der Waals surface area (Å²) >= 11 is 0. The van der Waals surface area contributed by atoms with Crippen LogP contribution in [0.1, 0.15) is 36.5 Å². The molecule has 0 aliphatic rings. The lowest BCUT2D eigenvalue weighted by molar-refractivity contribution is -0.143. The Morgan fingerprint density at radius 3 is 2.38 bits per heavy atom. The van der Waals surface area contributed by atoms with Gasteiger partial charge >= 0.3 is 5.97 Å². The summed E-state index contributed by atoms with van der Waals surface area (Å²) < 4.78 is 11.0. The van der Waals surface area contributed by atoms with Crippen molar-refractivity contribution in [2.75, 3.05) is 26.3 Å². The minimum absolute atomic E-state index is 0.157. The number of benzene rings is 2. The van der Waals surface area contributed by atoms with Gasteiger partial charge in [-0.15, -0.1) is 0 Å². The van der Waals surface area contributed by atoms with Gasteiger partial charge < -0.3 is 9.47 Å². The maximum Gasteiger partial charge on any atom is 0.307 e. The van der Waals surface area contributed by atoms with E-state index in [0.717, 1.165) is 37.2 Å². The zero-order valence-corrected chi connectivity index (χ0v) is 18.8. The van der Waals surface area contributed by atoms with E-state index in [9.17, 15) is 4.79 Å². The van der Waals surface area contributed by atoms with Gasteiger partial charge in [0.15, 0.2) is 0 Å². The van der Waals surface area contributed by atoms with E-state index < -0.39 is 0 Å². The molecule has 0 aliphatic heterocycles. The summed E-state index contributed by atoms with van der Waals surface area (Å²) in [6.45, 7) is 5.11. The van der Waals surface area contributed by atoms with Gasteiger partial charge in [-0.1, -0.05) is 48.5 Å². The predicted octanol–water partition coefficient (Wildman–Crippen LogP) is 4.90. The van der Waals surface area contributed by atoms with Gasteiger partial charge in [-0.05, 0) is 54.7 Å². The summed E-state index contributed by atoms with van der Waals surface area (Å²) in [4.78, 5) is 18.2. The Bertz CT molecular complexity index is 915. The number of hydrogen-bond acceptors (Lipinski definition) is 5. The average molecular weight is 433 g/mol. The molecule has 5 heteroatoms. The highest BCUT2D eigenvalue weighted by Crippen LogP contribution is 2.16. The standard InChI is InChI=1S/C27H32N2O3/c1-2-31-27(30)15-18-29(22-25-10-6-16-28-21-25)17-7-19-32-26-13-11-24(12-14-26)20-23-8-4-3-5-9-23/h3-6,8-14,16,21H,2,7,15,17-20,22H2,1H3. The van der Waals surface area contributed by atoms with E-state index in [0.29, 0.717) is 26.2 Å². The number of rotatable bonds is 13. The van der Waals surface area contributed by atoms with E-state index >= 15 is 0 Å². The monoisotopic (exact) mass is 432 g/mol. The predicted molar refractivity (Wildman–Crippen MR) is 127 cm³/mol. The minimum Gasteiger partial charge on any atom is -0.494 e. The molecule has 32 heavy (non-hydrogen) atoms. The summed E-state index contributed by atoms with van der Waals surface area (Å²) in [5.41, 5.74) is 3.70. The number of nitrogens with zero attached hydrogens (tertiary/aromatic N) is 2. The molecule has 0 bridgehead atoms. The van der Waals surface area contributed by atoms with Gasteiger partial charge in [0.05, 0.1) is 19.6 Å². The maximum atomic E-state index is 11.8. The molecule has 3 rings (SSSR count). The Morgan fingerprint density at radius 2 is 1.66 bits per heavy atom. The summed E-state index contributed by atoms with van der Waals surface area (Å²) in [7, 11) is 0. The largest absolute Gasteiger partial charge is 0.494 e. The number of carbonyl (C=O) groups is 1. The fourth-order valence-electron chi connectivity index (χ4n) is 3.52. The van der Waals surface area contributed by atoms with Crippen molar-refractivity contribution in [2.24, 2.45) is 0 Å². The molecule has 1 aromatic heterocycles. The van der Waals surface area contributed by atoms with Crippen molar-refractivity contribution in [3.8, 4) is 5.75 Å². The second-order valence-corrected chi connectivity index (χ2v) is 7.70. The number of esters is 1. The molecule has 5 nitrogen and oxygen atoms in total. The van der Waals surface area contributed by atoms with E-state index in [1.165, 1.54) is 11.1 Å². The SMILES string of the molecule is CCOC(=O)CCN(CCCOc1ccc(Cc2ccccc2)cc1)Cc1cccnc1. The van der Waals surface area contributed by atoms with Crippen LogP contribution in [0.4, 0.5) is 0 Å². The Labute approximate surface area is 191 Å². The minimum atomic E-state index is -0.157. The van der Waals surface area contributed by atoms with Gasteiger partial charge in [0.1, 0.15) is 5.75 Å². The number of hydrogen-bond donors (Lipinski definition) is 0. The van der Waals surface area contributed by atoms with Crippen LogP contribution in [0.15, 0.2) is 79.1 Å². The van der Waals surface area contributed by atoms with Gasteiger partial charge in [-0.3, -0.25) is 14.7 Å². The second kappa shape index (κ2) is 13.3. The molecule has 0 radical (unpaired) electrons. The summed E-state index contributed by atoms with van der Waals surface area (Å²) in [5, 5.41) is 0. The van der Waals surface area contributed by atoms with Crippen molar-refractivity contribution in [3.05, 3.63) is 95.8 Å². The summed E-state index contributed by atoms with van der Waals surface area (Å²) in [6, 6.07) is 22.8. The number of carbonyl (C=O) groups excluding carboxylic acids is 1. The molecule has 3 aromatic rings. The average Bonchev–Trinajstić information content (AvgIpc) is 2.82. The van der Waals surface area contributed by atoms with Crippen molar-refractivity contribution < 1.29 is 14.3 Å². The molecule has 0 saturated carbocycles. The molecule has 2 aromatic carbocycles. The Morgan fingerprint density at radius 1 is 0.906 bits per heavy atom. The van der Waals surface area contributed by atoms with Gasteiger partial charge in [-0.2, -0.15) is 0 Å². The van der Waals surface area contributed by atoms with Crippen molar-refractivity contribution >= 4 is 5.97 Å². The molecule has 0 fully saturated rings. The first-order valence-electron chi connectivity index (χ1n) is 11.3. The molecular formula is C27H32N2O3. The molecular weight excluding hydrogens is 400 g/mol. The molecule has 0 N–H and O–H groups in total. The highest BCUT2D eigenvalue weighted by Gasteiger charge is 2.10. The van der Waals surface area contributed by atoms with Crippen LogP contribution >= 0.6 is 0 Å². The van der Waals surface area contributed by atoms with E-state index in [1.54, 1.807) is 6.20 Å². The molecule has 0 saturated heterocycles. The zero-order valence-electron chi connectivity index (χ0n) is 18.8. The van der Waals surface area contributed by atoms with E-state index in [4.69, 9.17) is 9.47 Å². The van der Waals surface area contributed by atoms with Crippen molar-refractivity contribution in [2.45, 2.75) is 32.7 Å². The van der Waals surface area contributed by atoms with Crippen LogP contribution in [-0.4, -0.2) is 42.2 Å². The second-order valence-electron chi connectivity index (χ2n) is 7.70. The molecule has 1 heterocycles. The molecule has 0 spiro atoms. The maximum absolute atomic E-state index is 11.8. The summed E-state index contributed by atoms with van der Waals surface area (Å²) in [6.07, 6.45) is 5.81. The fraction of sp³-hybridized carbons (Fsp3) is 0.333. The fourth-order valence-corrected chi connectivity index (χ4v) is 3.52. The van der Waals surface area contributed by atoms with E-state index in [2.05, 4.69) is 52.3 Å². The molecule has 0 aliphatic carbocycles. The van der Waals surface area contributed by atoms with Crippen LogP contribution in [0.25, 0.3) is 0 Å². The van der Waals surface area contributed by atoms with Crippen molar-refractivity contribution in [1.29, 1.82) is 0 Å². The van der Waals surface area contributed by atoms with Crippen LogP contribution in [0.2, 0.25) is 0 Å². The Kier molecular flexibility index (Phi) is 9.74. The van der Waals surface area contributed by atoms with Crippen LogP contribution in [0.3, 0.4) is 0 Å². The summed E-state index contributed by atoms with van der Waals surface area (Å²) in [5.74, 6) is 0.725. The van der Waals surface area contributed by atoms with Gasteiger partial charge in [0, 0.05) is 32.0 Å². The van der Waals surface area contributed by atoms with Gasteiger partial charge in [0.25, 0.3) is 0 Å². The first-order valence-corrected chi connectivity index (χ1v) is 11.3. The topological polar surface area (TPSA) is 51.7 Å². The third kappa shape index (κ3) is 8.52. The normalized spacial score (nSPS) is 10.8. The molecule has 0 atom stereocenters. The first kappa shape index (κ1) is 23.5. The van der Waals surface area contributed by atoms with Crippen LogP contribution in [-0.2, 0) is 22.5 Å². The van der Waals surface area contributed by atoms with Crippen molar-refractivity contribution in [1.82, 2.24) is 9.88 Å². The Balaban J connectivity index is 1.44. The van der Waals surface area contributed by atoms with Crippen LogP contribution in [0, 0.1) is 0 Å². The lowest BCUT2D eigenvalue weighted by Crippen LogP contribution is -2.28. The highest BCUT2D eigenvalue weighted by atomic mass is 16.5. The lowest BCUT2D eigenvalue weighted by atomic mass is 10.1. The molecule has 0 amide bonds. The number of pyridine rings is 1. The molecule has 0 unspecified atom stereocenters. The van der Waals surface area contributed by atoms with Crippen LogP contribution in [0.5, 0.6) is 5.75 Å². The number of aromatic nitrogens is 1. The van der Waals surface area contributed by atoms with Gasteiger partial charge in [0.2, 0.25) is 0 Å². The Hall–Kier alpha value is -3.18. The number of ether oxygens (including phenoxy) is 2. The smallest absolute Gasteiger partial charge is 0.307 e. The van der Waals surface area contributed by atoms with Crippen LogP contribution < -0.4 is 4.74 Å².